The van der Waals surface area contributed by atoms with Gasteiger partial charge in [0.1, 0.15) is 0 Å². The summed E-state index contributed by atoms with van der Waals surface area (Å²) in [7, 11) is 0. The van der Waals surface area contributed by atoms with Crippen molar-refractivity contribution in [3.63, 3.8) is 0 Å². The van der Waals surface area contributed by atoms with Crippen molar-refractivity contribution in [2.75, 3.05) is 18.4 Å². The lowest BCUT2D eigenvalue weighted by molar-refractivity contribution is -0.192. The van der Waals surface area contributed by atoms with Crippen LogP contribution in [0.5, 0.6) is 0 Å². The van der Waals surface area contributed by atoms with E-state index in [2.05, 4.69) is 10.6 Å². The zero-order chi connectivity index (χ0) is 17.1. The number of amides is 1. The molecule has 0 aromatic heterocycles. The van der Waals surface area contributed by atoms with Gasteiger partial charge < -0.3 is 20.5 Å². The van der Waals surface area contributed by atoms with Crippen molar-refractivity contribution in [2.45, 2.75) is 24.8 Å². The molecule has 1 atom stereocenters. The maximum Gasteiger partial charge on any atom is 0.490 e. The first kappa shape index (κ1) is 17.2. The fourth-order valence-electron chi connectivity index (χ4n) is 2.27. The molecule has 0 bridgehead atoms. The number of rotatable bonds is 0. The Hall–Kier alpha value is -2.13. The van der Waals surface area contributed by atoms with Gasteiger partial charge in [-0.05, 0) is 19.0 Å². The van der Waals surface area contributed by atoms with E-state index >= 15 is 0 Å². The molecule has 1 amide bonds. The Morgan fingerprint density at radius 3 is 2.52 bits per heavy atom. The number of alkyl halides is 3. The Bertz CT molecular complexity index is 598. The number of carbonyl (C=O) groups excluding carboxylic acids is 1. The predicted molar refractivity (Wildman–Crippen MR) is 73.8 cm³/mol. The topological polar surface area (TPSA) is 87.7 Å². The first-order valence-corrected chi connectivity index (χ1v) is 6.79. The molecule has 1 unspecified atom stereocenters. The van der Waals surface area contributed by atoms with Gasteiger partial charge in [-0.15, -0.1) is 0 Å². The van der Waals surface area contributed by atoms with E-state index in [1.807, 2.05) is 24.3 Å². The highest BCUT2D eigenvalue weighted by Gasteiger charge is 2.44. The molecule has 0 radical (unpaired) electrons. The highest BCUT2D eigenvalue weighted by atomic mass is 19.4. The zero-order valence-corrected chi connectivity index (χ0v) is 11.9. The molecule has 1 saturated heterocycles. The summed E-state index contributed by atoms with van der Waals surface area (Å²) < 4.78 is 37.6. The smallest absolute Gasteiger partial charge is 0.475 e. The fourth-order valence-corrected chi connectivity index (χ4v) is 2.27. The van der Waals surface area contributed by atoms with Crippen molar-refractivity contribution in [1.82, 2.24) is 5.32 Å². The van der Waals surface area contributed by atoms with Gasteiger partial charge in [0.15, 0.2) is 5.60 Å². The number of anilines is 1. The molecule has 3 N–H and O–H groups in total. The van der Waals surface area contributed by atoms with Crippen LogP contribution in [0.3, 0.4) is 0 Å². The number of carboxylic acid groups (broad SMARTS) is 1. The minimum absolute atomic E-state index is 0.0255. The number of nitrogens with one attached hydrogen (secondary N) is 2. The van der Waals surface area contributed by atoms with E-state index in [1.54, 1.807) is 0 Å². The molecule has 1 spiro atoms. The standard InChI is InChI=1S/C12H14N2O2.C2HF3O2/c15-11-12(5-6-13-8-12)16-7-9-3-1-2-4-10(9)14-11;3-2(4,5)1(6)7/h1-4,13H,5-8H2,(H,14,15);(H,6,7). The molecule has 2 aliphatic rings. The number of ether oxygens (including phenoxy) is 1. The molecule has 9 heteroatoms. The zero-order valence-electron chi connectivity index (χ0n) is 11.9. The number of carboxylic acids is 1. The van der Waals surface area contributed by atoms with Crippen LogP contribution in [0.15, 0.2) is 24.3 Å². The minimum Gasteiger partial charge on any atom is -0.475 e. The molecule has 0 aliphatic carbocycles. The van der Waals surface area contributed by atoms with E-state index < -0.39 is 17.7 Å². The highest BCUT2D eigenvalue weighted by molar-refractivity contribution is 5.99. The van der Waals surface area contributed by atoms with Crippen molar-refractivity contribution in [1.29, 1.82) is 0 Å². The molecular weight excluding hydrogens is 317 g/mol. The molecule has 1 aromatic rings. The Morgan fingerprint density at radius 2 is 1.96 bits per heavy atom. The SMILES string of the molecule is O=C(O)C(F)(F)F.O=C1Nc2ccccc2COC12CCNC2. The number of benzene rings is 1. The maximum atomic E-state index is 12.1. The largest absolute Gasteiger partial charge is 0.490 e. The number of aliphatic carboxylic acids is 1. The van der Waals surface area contributed by atoms with E-state index in [-0.39, 0.29) is 5.91 Å². The number of halogens is 3. The van der Waals surface area contributed by atoms with Crippen molar-refractivity contribution in [3.05, 3.63) is 29.8 Å². The summed E-state index contributed by atoms with van der Waals surface area (Å²) >= 11 is 0. The number of carbonyl (C=O) groups is 2. The van der Waals surface area contributed by atoms with Crippen molar-refractivity contribution in [3.8, 4) is 0 Å². The van der Waals surface area contributed by atoms with Crippen molar-refractivity contribution < 1.29 is 32.6 Å². The number of hydrogen-bond donors (Lipinski definition) is 3. The summed E-state index contributed by atoms with van der Waals surface area (Å²) in [6.45, 7) is 1.94. The van der Waals surface area contributed by atoms with Crippen LogP contribution >= 0.6 is 0 Å². The third-order valence-corrected chi connectivity index (χ3v) is 3.54. The predicted octanol–water partition coefficient (Wildman–Crippen LogP) is 1.52. The van der Waals surface area contributed by atoms with Gasteiger partial charge in [-0.2, -0.15) is 13.2 Å². The molecule has 6 nitrogen and oxygen atoms in total. The van der Waals surface area contributed by atoms with E-state index in [1.165, 1.54) is 0 Å². The van der Waals surface area contributed by atoms with Crippen LogP contribution in [-0.2, 0) is 20.9 Å². The number of fused-ring (bicyclic) bond motifs is 1. The summed E-state index contributed by atoms with van der Waals surface area (Å²) in [6, 6.07) is 7.78. The number of hydrogen-bond acceptors (Lipinski definition) is 4. The van der Waals surface area contributed by atoms with Gasteiger partial charge in [0.2, 0.25) is 0 Å². The monoisotopic (exact) mass is 332 g/mol. The second-order valence-electron chi connectivity index (χ2n) is 5.12. The van der Waals surface area contributed by atoms with Crippen LogP contribution in [0.4, 0.5) is 18.9 Å². The van der Waals surface area contributed by atoms with Gasteiger partial charge in [0.25, 0.3) is 5.91 Å². The van der Waals surface area contributed by atoms with E-state index in [9.17, 15) is 18.0 Å². The highest BCUT2D eigenvalue weighted by Crippen LogP contribution is 2.29. The fraction of sp³-hybridized carbons (Fsp3) is 0.429. The lowest BCUT2D eigenvalue weighted by atomic mass is 10.0. The van der Waals surface area contributed by atoms with Gasteiger partial charge >= 0.3 is 12.1 Å². The summed E-state index contributed by atoms with van der Waals surface area (Å²) in [5, 5.41) is 13.3. The van der Waals surface area contributed by atoms with Crippen LogP contribution in [0.25, 0.3) is 0 Å². The normalized spacial score (nSPS) is 23.3. The third kappa shape index (κ3) is 3.99. The van der Waals surface area contributed by atoms with Crippen molar-refractivity contribution in [2.24, 2.45) is 0 Å². The van der Waals surface area contributed by atoms with Crippen LogP contribution in [0.2, 0.25) is 0 Å². The maximum absolute atomic E-state index is 12.1. The molecule has 3 rings (SSSR count). The third-order valence-electron chi connectivity index (χ3n) is 3.54. The molecule has 1 fully saturated rings. The molecule has 1 aromatic carbocycles. The average molecular weight is 332 g/mol. The van der Waals surface area contributed by atoms with E-state index in [4.69, 9.17) is 14.6 Å². The summed E-state index contributed by atoms with van der Waals surface area (Å²) in [5.41, 5.74) is 1.25. The van der Waals surface area contributed by atoms with Crippen LogP contribution in [0, 0.1) is 0 Å². The molecule has 126 valence electrons. The Labute approximate surface area is 129 Å². The van der Waals surface area contributed by atoms with Crippen LogP contribution in [-0.4, -0.2) is 41.8 Å². The first-order chi connectivity index (χ1) is 10.7. The minimum atomic E-state index is -5.08. The lowest BCUT2D eigenvalue weighted by Gasteiger charge is -2.24. The van der Waals surface area contributed by atoms with E-state index in [0.29, 0.717) is 13.2 Å². The van der Waals surface area contributed by atoms with Gasteiger partial charge in [0, 0.05) is 17.8 Å². The molecule has 2 aliphatic heterocycles. The van der Waals surface area contributed by atoms with Gasteiger partial charge in [-0.25, -0.2) is 4.79 Å². The second-order valence-corrected chi connectivity index (χ2v) is 5.12. The first-order valence-electron chi connectivity index (χ1n) is 6.79. The lowest BCUT2D eigenvalue weighted by Crippen LogP contribution is -2.45. The summed E-state index contributed by atoms with van der Waals surface area (Å²) in [4.78, 5) is 21.0. The average Bonchev–Trinajstić information content (AvgIpc) is 2.90. The Balaban J connectivity index is 0.000000236. The molecule has 0 saturated carbocycles. The van der Waals surface area contributed by atoms with Gasteiger partial charge in [-0.3, -0.25) is 4.79 Å². The van der Waals surface area contributed by atoms with Crippen LogP contribution < -0.4 is 10.6 Å². The molecular formula is C14H15F3N2O4. The quantitative estimate of drug-likeness (QED) is 0.670. The van der Waals surface area contributed by atoms with E-state index in [0.717, 1.165) is 24.2 Å². The second kappa shape index (κ2) is 6.55. The molecule has 2 heterocycles. The van der Waals surface area contributed by atoms with Gasteiger partial charge in [0.05, 0.1) is 6.61 Å². The van der Waals surface area contributed by atoms with Crippen molar-refractivity contribution >= 4 is 17.6 Å². The Morgan fingerprint density at radius 1 is 1.30 bits per heavy atom. The Kier molecular flexibility index (Phi) is 4.90. The summed E-state index contributed by atoms with van der Waals surface area (Å²) in [5.74, 6) is -2.78. The molecule has 23 heavy (non-hydrogen) atoms. The van der Waals surface area contributed by atoms with Crippen LogP contribution in [0.1, 0.15) is 12.0 Å². The van der Waals surface area contributed by atoms with Gasteiger partial charge in [-0.1, -0.05) is 18.2 Å². The summed E-state index contributed by atoms with van der Waals surface area (Å²) in [6.07, 6.45) is -4.34. The number of para-hydroxylation sites is 1.